The van der Waals surface area contributed by atoms with Gasteiger partial charge in [-0.1, -0.05) is 78.5 Å². The monoisotopic (exact) mass is 386 g/mol. The normalized spacial score (nSPS) is 10.6. The molecule has 1 N–H and O–H groups in total. The number of amides is 1. The summed E-state index contributed by atoms with van der Waals surface area (Å²) < 4.78 is 1.81. The van der Waals surface area contributed by atoms with E-state index in [0.717, 1.165) is 22.8 Å². The van der Waals surface area contributed by atoms with Gasteiger partial charge in [0, 0.05) is 11.3 Å². The molecule has 5 nitrogen and oxygen atoms in total. The van der Waals surface area contributed by atoms with Crippen molar-refractivity contribution in [3.8, 4) is 17.1 Å². The Morgan fingerprint density at radius 1 is 0.857 bits per heavy atom. The number of para-hydroxylation sites is 2. The minimum absolute atomic E-state index is 0.0893. The summed E-state index contributed by atoms with van der Waals surface area (Å²) in [6.07, 6.45) is 0. The van der Waals surface area contributed by atoms with Gasteiger partial charge in [-0.05, 0) is 24.3 Å². The van der Waals surface area contributed by atoms with E-state index in [1.54, 1.807) is 0 Å². The van der Waals surface area contributed by atoms with Crippen LogP contribution < -0.4 is 5.32 Å². The molecule has 6 heteroatoms. The predicted molar refractivity (Wildman–Crippen MR) is 113 cm³/mol. The van der Waals surface area contributed by atoms with Crippen molar-refractivity contribution in [3.05, 3.63) is 91.0 Å². The highest BCUT2D eigenvalue weighted by Gasteiger charge is 2.15. The number of benzene rings is 3. The van der Waals surface area contributed by atoms with Crippen LogP contribution in [0.25, 0.3) is 17.1 Å². The third kappa shape index (κ3) is 4.29. The Morgan fingerprint density at radius 2 is 1.46 bits per heavy atom. The molecule has 1 heterocycles. The first-order valence-corrected chi connectivity index (χ1v) is 9.84. The van der Waals surface area contributed by atoms with Crippen LogP contribution in [0.3, 0.4) is 0 Å². The summed E-state index contributed by atoms with van der Waals surface area (Å²) in [6, 6.07) is 29.2. The maximum atomic E-state index is 12.2. The number of nitrogens with zero attached hydrogens (tertiary/aromatic N) is 3. The quantitative estimate of drug-likeness (QED) is 0.490. The van der Waals surface area contributed by atoms with Gasteiger partial charge in [-0.2, -0.15) is 0 Å². The zero-order chi connectivity index (χ0) is 19.2. The molecule has 4 rings (SSSR count). The average Bonchev–Trinajstić information content (AvgIpc) is 3.19. The number of nitrogens with one attached hydrogen (secondary N) is 1. The molecule has 0 aliphatic carbocycles. The molecule has 0 fully saturated rings. The fourth-order valence-electron chi connectivity index (χ4n) is 2.73. The molecule has 0 saturated heterocycles. The third-order valence-electron chi connectivity index (χ3n) is 4.01. The van der Waals surface area contributed by atoms with Gasteiger partial charge >= 0.3 is 0 Å². The van der Waals surface area contributed by atoms with Crippen LogP contribution in [0.1, 0.15) is 0 Å². The number of thioether (sulfide) groups is 1. The lowest BCUT2D eigenvalue weighted by atomic mass is 10.2. The van der Waals surface area contributed by atoms with Crippen LogP contribution in [0.2, 0.25) is 0 Å². The Balaban J connectivity index is 1.55. The maximum Gasteiger partial charge on any atom is 0.234 e. The molecule has 0 radical (unpaired) electrons. The molecule has 0 aliphatic rings. The molecule has 138 valence electrons. The second-order valence-corrected chi connectivity index (χ2v) is 6.98. The van der Waals surface area contributed by atoms with Gasteiger partial charge in [-0.3, -0.25) is 4.79 Å². The van der Waals surface area contributed by atoms with Crippen molar-refractivity contribution < 1.29 is 4.79 Å². The molecule has 1 amide bonds. The smallest absolute Gasteiger partial charge is 0.234 e. The fraction of sp³-hybridized carbons (Fsp3) is 0.0455. The standard InChI is InChI=1S/C22H18N4OS/c27-20(23-18-12-6-2-7-13-18)16-28-22-24-21(17-10-4-1-5-11-17)26(25-22)19-14-8-3-9-15-19/h1-15H,16H2,(H,23,27). The second-order valence-electron chi connectivity index (χ2n) is 6.03. The van der Waals surface area contributed by atoms with Gasteiger partial charge in [0.2, 0.25) is 11.1 Å². The van der Waals surface area contributed by atoms with E-state index in [2.05, 4.69) is 15.4 Å². The molecule has 0 unspecified atom stereocenters. The maximum absolute atomic E-state index is 12.2. The minimum atomic E-state index is -0.0893. The van der Waals surface area contributed by atoms with E-state index >= 15 is 0 Å². The number of anilines is 1. The summed E-state index contributed by atoms with van der Waals surface area (Å²) in [5.41, 5.74) is 2.68. The van der Waals surface area contributed by atoms with Crippen LogP contribution in [-0.4, -0.2) is 26.4 Å². The molecule has 3 aromatic carbocycles. The molecule has 4 aromatic rings. The number of aromatic nitrogens is 3. The Labute approximate surface area is 167 Å². The summed E-state index contributed by atoms with van der Waals surface area (Å²) in [4.78, 5) is 16.9. The van der Waals surface area contributed by atoms with Crippen LogP contribution >= 0.6 is 11.8 Å². The fourth-order valence-corrected chi connectivity index (χ4v) is 3.35. The van der Waals surface area contributed by atoms with Gasteiger partial charge in [0.05, 0.1) is 11.4 Å². The lowest BCUT2D eigenvalue weighted by Crippen LogP contribution is -2.13. The van der Waals surface area contributed by atoms with E-state index in [-0.39, 0.29) is 11.7 Å². The van der Waals surface area contributed by atoms with Gasteiger partial charge < -0.3 is 5.32 Å². The van der Waals surface area contributed by atoms with Crippen LogP contribution in [0.5, 0.6) is 0 Å². The topological polar surface area (TPSA) is 59.8 Å². The number of hydrogen-bond acceptors (Lipinski definition) is 4. The number of rotatable bonds is 6. The van der Waals surface area contributed by atoms with Crippen molar-refractivity contribution in [2.24, 2.45) is 0 Å². The lowest BCUT2D eigenvalue weighted by Gasteiger charge is -2.05. The predicted octanol–water partition coefficient (Wildman–Crippen LogP) is 4.67. The average molecular weight is 386 g/mol. The first-order chi connectivity index (χ1) is 13.8. The Hall–Kier alpha value is -3.38. The Morgan fingerprint density at radius 3 is 2.14 bits per heavy atom. The minimum Gasteiger partial charge on any atom is -0.325 e. The van der Waals surface area contributed by atoms with Crippen molar-refractivity contribution in [1.82, 2.24) is 14.8 Å². The van der Waals surface area contributed by atoms with Crippen molar-refractivity contribution in [1.29, 1.82) is 0 Å². The summed E-state index contributed by atoms with van der Waals surface area (Å²) >= 11 is 1.32. The highest BCUT2D eigenvalue weighted by atomic mass is 32.2. The molecular weight excluding hydrogens is 368 g/mol. The second kappa shape index (κ2) is 8.54. The summed E-state index contributed by atoms with van der Waals surface area (Å²) in [5.74, 6) is 0.897. The van der Waals surface area contributed by atoms with E-state index in [4.69, 9.17) is 0 Å². The number of carbonyl (C=O) groups is 1. The Kier molecular flexibility index (Phi) is 5.49. The van der Waals surface area contributed by atoms with Gasteiger partial charge in [0.25, 0.3) is 0 Å². The highest BCUT2D eigenvalue weighted by Crippen LogP contribution is 2.24. The summed E-state index contributed by atoms with van der Waals surface area (Å²) in [6.45, 7) is 0. The van der Waals surface area contributed by atoms with Crippen LogP contribution in [0.15, 0.2) is 96.2 Å². The van der Waals surface area contributed by atoms with Crippen LogP contribution in [0, 0.1) is 0 Å². The van der Waals surface area contributed by atoms with Crippen molar-refractivity contribution in [2.75, 3.05) is 11.1 Å². The summed E-state index contributed by atoms with van der Waals surface area (Å²) in [7, 11) is 0. The number of hydrogen-bond donors (Lipinski definition) is 1. The molecule has 0 spiro atoms. The van der Waals surface area contributed by atoms with E-state index in [1.165, 1.54) is 11.8 Å². The van der Waals surface area contributed by atoms with E-state index < -0.39 is 0 Å². The van der Waals surface area contributed by atoms with E-state index in [1.807, 2.05) is 95.7 Å². The molecule has 28 heavy (non-hydrogen) atoms. The molecule has 0 saturated carbocycles. The first-order valence-electron chi connectivity index (χ1n) is 8.85. The third-order valence-corrected chi connectivity index (χ3v) is 4.85. The lowest BCUT2D eigenvalue weighted by molar-refractivity contribution is -0.113. The van der Waals surface area contributed by atoms with Crippen molar-refractivity contribution >= 4 is 23.4 Å². The van der Waals surface area contributed by atoms with Gasteiger partial charge in [-0.25, -0.2) is 9.67 Å². The van der Waals surface area contributed by atoms with Gasteiger partial charge in [0.15, 0.2) is 5.82 Å². The van der Waals surface area contributed by atoms with Crippen LogP contribution in [0.4, 0.5) is 5.69 Å². The SMILES string of the molecule is O=C(CSc1nc(-c2ccccc2)n(-c2ccccc2)n1)Nc1ccccc1. The van der Waals surface area contributed by atoms with Crippen LogP contribution in [-0.2, 0) is 4.79 Å². The zero-order valence-corrected chi connectivity index (χ0v) is 15.8. The van der Waals surface area contributed by atoms with Gasteiger partial charge in [-0.15, -0.1) is 5.10 Å². The largest absolute Gasteiger partial charge is 0.325 e. The molecule has 0 aliphatic heterocycles. The highest BCUT2D eigenvalue weighted by molar-refractivity contribution is 7.99. The van der Waals surface area contributed by atoms with Crippen molar-refractivity contribution in [3.63, 3.8) is 0 Å². The molecule has 0 atom stereocenters. The van der Waals surface area contributed by atoms with E-state index in [0.29, 0.717) is 5.16 Å². The van der Waals surface area contributed by atoms with Gasteiger partial charge in [0.1, 0.15) is 0 Å². The molecule has 1 aromatic heterocycles. The van der Waals surface area contributed by atoms with E-state index in [9.17, 15) is 4.79 Å². The first kappa shape index (κ1) is 18.0. The zero-order valence-electron chi connectivity index (χ0n) is 15.0. The molecule has 0 bridgehead atoms. The number of carbonyl (C=O) groups excluding carboxylic acids is 1. The summed E-state index contributed by atoms with van der Waals surface area (Å²) in [5, 5.41) is 8.06. The Bertz CT molecular complexity index is 993. The molecular formula is C22H18N4OS. The van der Waals surface area contributed by atoms with Crippen molar-refractivity contribution in [2.45, 2.75) is 5.16 Å².